The molecule has 4 nitrogen and oxygen atoms in total. The van der Waals surface area contributed by atoms with Crippen molar-refractivity contribution in [2.75, 3.05) is 13.2 Å². The van der Waals surface area contributed by atoms with Crippen LogP contribution in [-0.4, -0.2) is 23.8 Å². The number of hydrogen-bond acceptors (Lipinski definition) is 4. The van der Waals surface area contributed by atoms with Crippen LogP contribution in [0.4, 0.5) is 0 Å². The highest BCUT2D eigenvalue weighted by atomic mass is 16.5. The Hall–Kier alpha value is -1.13. The number of hydrogen-bond donors (Lipinski definition) is 1. The van der Waals surface area contributed by atoms with E-state index in [9.17, 15) is 0 Å². The number of aromatic nitrogens is 1. The second kappa shape index (κ2) is 5.98. The lowest BCUT2D eigenvalue weighted by molar-refractivity contribution is -0.0168. The van der Waals surface area contributed by atoms with Crippen LogP contribution < -0.4 is 10.5 Å². The fourth-order valence-corrected chi connectivity index (χ4v) is 1.28. The van der Waals surface area contributed by atoms with E-state index in [1.54, 1.807) is 6.20 Å². The van der Waals surface area contributed by atoms with Gasteiger partial charge in [-0.3, -0.25) is 0 Å². The third-order valence-corrected chi connectivity index (χ3v) is 2.15. The van der Waals surface area contributed by atoms with Gasteiger partial charge in [-0.05, 0) is 39.3 Å². The summed E-state index contributed by atoms with van der Waals surface area (Å²) in [6.07, 6.45) is 1.71. The second-order valence-corrected chi connectivity index (χ2v) is 5.03. The van der Waals surface area contributed by atoms with Gasteiger partial charge >= 0.3 is 0 Å². The van der Waals surface area contributed by atoms with Crippen LogP contribution in [0.15, 0.2) is 18.3 Å². The molecule has 0 unspecified atom stereocenters. The number of ether oxygens (including phenoxy) is 2. The summed E-state index contributed by atoms with van der Waals surface area (Å²) < 4.78 is 11.1. The maximum atomic E-state index is 5.79. The minimum atomic E-state index is -0.135. The lowest BCUT2D eigenvalue weighted by Crippen LogP contribution is -2.22. The zero-order chi connectivity index (χ0) is 12.9. The molecule has 0 aliphatic rings. The van der Waals surface area contributed by atoms with Gasteiger partial charge in [-0.2, -0.15) is 0 Å². The van der Waals surface area contributed by atoms with Gasteiger partial charge in [0.2, 0.25) is 5.88 Å². The highest BCUT2D eigenvalue weighted by Crippen LogP contribution is 2.14. The predicted molar refractivity (Wildman–Crippen MR) is 68.0 cm³/mol. The van der Waals surface area contributed by atoms with Gasteiger partial charge in [0.15, 0.2) is 0 Å². The summed E-state index contributed by atoms with van der Waals surface area (Å²) in [5.74, 6) is 0.595. The Kier molecular flexibility index (Phi) is 4.90. The molecule has 1 aromatic heterocycles. The van der Waals surface area contributed by atoms with Crippen molar-refractivity contribution >= 4 is 0 Å². The van der Waals surface area contributed by atoms with Crippen molar-refractivity contribution in [2.45, 2.75) is 39.3 Å². The highest BCUT2D eigenvalue weighted by molar-refractivity contribution is 5.22. The van der Waals surface area contributed by atoms with E-state index in [4.69, 9.17) is 15.2 Å². The predicted octanol–water partition coefficient (Wildman–Crippen LogP) is 2.30. The fourth-order valence-electron chi connectivity index (χ4n) is 1.28. The van der Waals surface area contributed by atoms with Gasteiger partial charge in [0.25, 0.3) is 0 Å². The average Bonchev–Trinajstić information content (AvgIpc) is 2.23. The average molecular weight is 238 g/mol. The van der Waals surface area contributed by atoms with Crippen LogP contribution in [0, 0.1) is 0 Å². The molecule has 0 saturated heterocycles. The first kappa shape index (κ1) is 13.9. The van der Waals surface area contributed by atoms with E-state index < -0.39 is 0 Å². The molecule has 17 heavy (non-hydrogen) atoms. The van der Waals surface area contributed by atoms with Crippen molar-refractivity contribution in [3.05, 3.63) is 23.9 Å². The van der Waals surface area contributed by atoms with Gasteiger partial charge in [0, 0.05) is 18.3 Å². The smallest absolute Gasteiger partial charge is 0.213 e. The summed E-state index contributed by atoms with van der Waals surface area (Å²) in [5.41, 5.74) is 6.67. The molecule has 0 amide bonds. The van der Waals surface area contributed by atoms with Crippen LogP contribution in [0.25, 0.3) is 0 Å². The van der Waals surface area contributed by atoms with E-state index in [1.807, 2.05) is 39.8 Å². The van der Waals surface area contributed by atoms with Crippen LogP contribution in [0.2, 0.25) is 0 Å². The van der Waals surface area contributed by atoms with Gasteiger partial charge in [-0.25, -0.2) is 4.98 Å². The molecule has 4 heteroatoms. The van der Waals surface area contributed by atoms with Crippen molar-refractivity contribution in [3.8, 4) is 5.88 Å². The Morgan fingerprint density at radius 2 is 2.06 bits per heavy atom. The largest absolute Gasteiger partial charge is 0.475 e. The topological polar surface area (TPSA) is 57.4 Å². The SMILES string of the molecule is C[C@H](N)c1ccnc(OCCOC(C)(C)C)c1. The number of pyridine rings is 1. The molecule has 0 fully saturated rings. The third-order valence-electron chi connectivity index (χ3n) is 2.15. The van der Waals surface area contributed by atoms with Crippen molar-refractivity contribution < 1.29 is 9.47 Å². The third kappa shape index (κ3) is 5.65. The molecule has 0 saturated carbocycles. The molecule has 0 radical (unpaired) electrons. The van der Waals surface area contributed by atoms with Crippen molar-refractivity contribution in [2.24, 2.45) is 5.73 Å². The Bertz CT molecular complexity index is 346. The maximum Gasteiger partial charge on any atom is 0.213 e. The van der Waals surface area contributed by atoms with E-state index >= 15 is 0 Å². The summed E-state index contributed by atoms with van der Waals surface area (Å²) >= 11 is 0. The molecule has 0 bridgehead atoms. The first-order valence-corrected chi connectivity index (χ1v) is 5.87. The first-order valence-electron chi connectivity index (χ1n) is 5.87. The van der Waals surface area contributed by atoms with E-state index in [1.165, 1.54) is 0 Å². The minimum Gasteiger partial charge on any atom is -0.475 e. The van der Waals surface area contributed by atoms with E-state index in [-0.39, 0.29) is 11.6 Å². The molecule has 0 aromatic carbocycles. The zero-order valence-electron chi connectivity index (χ0n) is 11.1. The fraction of sp³-hybridized carbons (Fsp3) is 0.615. The lowest BCUT2D eigenvalue weighted by atomic mass is 10.1. The van der Waals surface area contributed by atoms with Gasteiger partial charge < -0.3 is 15.2 Å². The minimum absolute atomic E-state index is 0.00817. The summed E-state index contributed by atoms with van der Waals surface area (Å²) in [4.78, 5) is 4.12. The van der Waals surface area contributed by atoms with Gasteiger partial charge in [-0.1, -0.05) is 0 Å². The van der Waals surface area contributed by atoms with Gasteiger partial charge in [0.05, 0.1) is 12.2 Å². The molecule has 0 aliphatic heterocycles. The van der Waals surface area contributed by atoms with Gasteiger partial charge in [-0.15, -0.1) is 0 Å². The Morgan fingerprint density at radius 3 is 2.65 bits per heavy atom. The zero-order valence-corrected chi connectivity index (χ0v) is 11.1. The Labute approximate surface area is 103 Å². The van der Waals surface area contributed by atoms with E-state index in [0.29, 0.717) is 19.1 Å². The molecular formula is C13H22N2O2. The van der Waals surface area contributed by atoms with Gasteiger partial charge in [0.1, 0.15) is 6.61 Å². The van der Waals surface area contributed by atoms with E-state index in [2.05, 4.69) is 4.98 Å². The molecule has 1 heterocycles. The summed E-state index contributed by atoms with van der Waals surface area (Å²) in [7, 11) is 0. The standard InChI is InChI=1S/C13H22N2O2/c1-10(14)11-5-6-15-12(9-11)16-7-8-17-13(2,3)4/h5-6,9-10H,7-8,14H2,1-4H3/t10-/m0/s1. The molecule has 1 rings (SSSR count). The molecule has 96 valence electrons. The molecule has 1 atom stereocenters. The van der Waals surface area contributed by atoms with Crippen molar-refractivity contribution in [1.29, 1.82) is 0 Å². The van der Waals surface area contributed by atoms with Crippen LogP contribution in [0.1, 0.15) is 39.3 Å². The van der Waals surface area contributed by atoms with Crippen LogP contribution in [-0.2, 0) is 4.74 Å². The maximum absolute atomic E-state index is 5.79. The molecule has 1 aromatic rings. The number of nitrogens with two attached hydrogens (primary N) is 1. The van der Waals surface area contributed by atoms with Crippen LogP contribution in [0.3, 0.4) is 0 Å². The number of rotatable bonds is 5. The van der Waals surface area contributed by atoms with Crippen LogP contribution in [0.5, 0.6) is 5.88 Å². The number of nitrogens with zero attached hydrogens (tertiary/aromatic N) is 1. The summed E-state index contributed by atoms with van der Waals surface area (Å²) in [6.45, 7) is 9.02. The summed E-state index contributed by atoms with van der Waals surface area (Å²) in [5, 5.41) is 0. The highest BCUT2D eigenvalue weighted by Gasteiger charge is 2.09. The lowest BCUT2D eigenvalue weighted by Gasteiger charge is -2.19. The molecule has 0 spiro atoms. The molecule has 0 aliphatic carbocycles. The first-order chi connectivity index (χ1) is 7.88. The van der Waals surface area contributed by atoms with E-state index in [0.717, 1.165) is 5.56 Å². The van der Waals surface area contributed by atoms with Crippen molar-refractivity contribution in [3.63, 3.8) is 0 Å². The Balaban J connectivity index is 2.39. The Morgan fingerprint density at radius 1 is 1.35 bits per heavy atom. The second-order valence-electron chi connectivity index (χ2n) is 5.03. The summed E-state index contributed by atoms with van der Waals surface area (Å²) in [6, 6.07) is 3.75. The van der Waals surface area contributed by atoms with Crippen LogP contribution >= 0.6 is 0 Å². The normalized spacial score (nSPS) is 13.5. The molecule has 2 N–H and O–H groups in total. The monoisotopic (exact) mass is 238 g/mol. The van der Waals surface area contributed by atoms with Crippen molar-refractivity contribution in [1.82, 2.24) is 4.98 Å². The molecular weight excluding hydrogens is 216 g/mol. The quantitative estimate of drug-likeness (QED) is 0.800.